The Morgan fingerprint density at radius 1 is 0.600 bits per heavy atom. The lowest BCUT2D eigenvalue weighted by Gasteiger charge is -2.30. The van der Waals surface area contributed by atoms with Crippen molar-refractivity contribution < 1.29 is 9.53 Å². The molecular weight excluding hydrogens is 430 g/mol. The van der Waals surface area contributed by atoms with E-state index >= 15 is 0 Å². The Balaban J connectivity index is 0.00000167. The predicted octanol–water partition coefficient (Wildman–Crippen LogP) is 7.07. The Bertz CT molecular complexity index is 1060. The Hall–Kier alpha value is -3.69. The normalized spacial score (nSPS) is 11.3. The lowest BCUT2D eigenvalue weighted by molar-refractivity contribution is -0.152. The van der Waals surface area contributed by atoms with Crippen LogP contribution in [-0.2, 0) is 35.6 Å². The molecule has 0 N–H and O–H groups in total. The maximum absolute atomic E-state index is 13.5. The van der Waals surface area contributed by atoms with Gasteiger partial charge in [-0.05, 0) is 28.7 Å². The molecule has 0 spiro atoms. The molecule has 4 aromatic rings. The Morgan fingerprint density at radius 2 is 0.971 bits per heavy atom. The molecule has 0 aliphatic heterocycles. The Kier molecular flexibility index (Phi) is 10.8. The second kappa shape index (κ2) is 14.5. The van der Waals surface area contributed by atoms with Crippen LogP contribution in [0.1, 0.15) is 36.1 Å². The van der Waals surface area contributed by atoms with Crippen LogP contribution in [0.4, 0.5) is 0 Å². The average Bonchev–Trinajstić information content (AvgIpc) is 2.93. The van der Waals surface area contributed by atoms with E-state index in [1.54, 1.807) is 0 Å². The molecule has 0 aromatic heterocycles. The number of hydrogen-bond acceptors (Lipinski definition) is 3. The van der Waals surface area contributed by atoms with Crippen LogP contribution in [0.5, 0.6) is 0 Å². The molecular formula is C32H35NO2. The first-order chi connectivity index (χ1) is 17.3. The third kappa shape index (κ3) is 8.55. The Morgan fingerprint density at radius 3 is 1.40 bits per heavy atom. The van der Waals surface area contributed by atoms with Crippen LogP contribution in [0.2, 0.25) is 0 Å². The summed E-state index contributed by atoms with van der Waals surface area (Å²) in [5.74, 6) is -0.199. The number of carbonyl (C=O) groups excluding carboxylic acids is 1. The van der Waals surface area contributed by atoms with Crippen LogP contribution in [0, 0.1) is 0 Å². The van der Waals surface area contributed by atoms with E-state index in [-0.39, 0.29) is 12.6 Å². The highest BCUT2D eigenvalue weighted by atomic mass is 16.5. The molecule has 0 saturated heterocycles. The van der Waals surface area contributed by atoms with E-state index in [9.17, 15) is 4.79 Å². The lowest BCUT2D eigenvalue weighted by atomic mass is 10.0. The number of hydrogen-bond donors (Lipinski definition) is 0. The van der Waals surface area contributed by atoms with Crippen LogP contribution in [-0.4, -0.2) is 16.9 Å². The summed E-state index contributed by atoms with van der Waals surface area (Å²) in [7, 11) is 0. The van der Waals surface area contributed by atoms with Gasteiger partial charge in [0.05, 0.1) is 0 Å². The lowest BCUT2D eigenvalue weighted by Crippen LogP contribution is -2.43. The number of ether oxygens (including phenoxy) is 1. The molecule has 0 saturated carbocycles. The number of benzene rings is 4. The largest absolute Gasteiger partial charge is 0.460 e. The van der Waals surface area contributed by atoms with E-state index < -0.39 is 6.04 Å². The van der Waals surface area contributed by atoms with Crippen LogP contribution in [0.15, 0.2) is 121 Å². The van der Waals surface area contributed by atoms with E-state index in [0.717, 1.165) is 11.1 Å². The highest BCUT2D eigenvalue weighted by molar-refractivity contribution is 5.76. The molecule has 0 aliphatic rings. The van der Waals surface area contributed by atoms with E-state index in [1.807, 2.05) is 98.8 Å². The van der Waals surface area contributed by atoms with Crippen LogP contribution >= 0.6 is 0 Å². The first-order valence-electron chi connectivity index (χ1n) is 12.3. The Labute approximate surface area is 210 Å². The summed E-state index contributed by atoms with van der Waals surface area (Å²) >= 11 is 0. The molecule has 4 rings (SSSR count). The van der Waals surface area contributed by atoms with Crippen molar-refractivity contribution in [3.63, 3.8) is 0 Å². The molecule has 0 unspecified atom stereocenters. The molecule has 0 aliphatic carbocycles. The van der Waals surface area contributed by atoms with Crippen molar-refractivity contribution in [3.05, 3.63) is 144 Å². The van der Waals surface area contributed by atoms with E-state index in [2.05, 4.69) is 41.3 Å². The third-order valence-electron chi connectivity index (χ3n) is 5.67. The summed E-state index contributed by atoms with van der Waals surface area (Å²) in [5.41, 5.74) is 4.44. The van der Waals surface area contributed by atoms with E-state index in [0.29, 0.717) is 19.5 Å². The minimum atomic E-state index is -0.406. The van der Waals surface area contributed by atoms with Gasteiger partial charge < -0.3 is 4.74 Å². The molecule has 1 atom stereocenters. The van der Waals surface area contributed by atoms with Gasteiger partial charge in [-0.25, -0.2) is 0 Å². The topological polar surface area (TPSA) is 29.5 Å². The zero-order chi connectivity index (χ0) is 24.7. The SMILES string of the molecule is CC.O=C(OCc1ccccc1)[C@@H](Cc1ccccc1)N(Cc1ccccc1)Cc1ccccc1. The summed E-state index contributed by atoms with van der Waals surface area (Å²) in [5, 5.41) is 0. The van der Waals surface area contributed by atoms with Gasteiger partial charge in [-0.15, -0.1) is 0 Å². The zero-order valence-electron chi connectivity index (χ0n) is 20.7. The fraction of sp³-hybridized carbons (Fsp3) is 0.219. The fourth-order valence-corrected chi connectivity index (χ4v) is 3.94. The molecule has 0 amide bonds. The first-order valence-corrected chi connectivity index (χ1v) is 12.3. The molecule has 0 radical (unpaired) electrons. The van der Waals surface area contributed by atoms with Gasteiger partial charge in [0, 0.05) is 13.1 Å². The standard InChI is InChI=1S/C30H29NO2.C2H6/c32-30(33-24-28-19-11-4-12-20-28)29(21-25-13-5-1-6-14-25)31(22-26-15-7-2-8-16-26)23-27-17-9-3-10-18-27;1-2/h1-20,29H,21-24H2;1-2H3/t29-;/m1./s1. The molecule has 0 fully saturated rings. The highest BCUT2D eigenvalue weighted by Gasteiger charge is 2.28. The maximum Gasteiger partial charge on any atom is 0.324 e. The van der Waals surface area contributed by atoms with E-state index in [4.69, 9.17) is 4.74 Å². The van der Waals surface area contributed by atoms with Gasteiger partial charge >= 0.3 is 5.97 Å². The van der Waals surface area contributed by atoms with Crippen molar-refractivity contribution in [3.8, 4) is 0 Å². The summed E-state index contributed by atoms with van der Waals surface area (Å²) < 4.78 is 5.84. The summed E-state index contributed by atoms with van der Waals surface area (Å²) in [6.07, 6.45) is 0.591. The smallest absolute Gasteiger partial charge is 0.324 e. The minimum Gasteiger partial charge on any atom is -0.460 e. The molecule has 3 nitrogen and oxygen atoms in total. The third-order valence-corrected chi connectivity index (χ3v) is 5.67. The number of esters is 1. The molecule has 35 heavy (non-hydrogen) atoms. The van der Waals surface area contributed by atoms with E-state index in [1.165, 1.54) is 11.1 Å². The molecule has 3 heteroatoms. The highest BCUT2D eigenvalue weighted by Crippen LogP contribution is 2.19. The number of carbonyl (C=O) groups is 1. The molecule has 0 heterocycles. The van der Waals surface area contributed by atoms with Crippen molar-refractivity contribution in [2.45, 2.75) is 46.0 Å². The average molecular weight is 466 g/mol. The van der Waals surface area contributed by atoms with Crippen molar-refractivity contribution in [2.24, 2.45) is 0 Å². The predicted molar refractivity (Wildman–Crippen MR) is 144 cm³/mol. The van der Waals surface area contributed by atoms with Crippen molar-refractivity contribution in [1.82, 2.24) is 4.90 Å². The first kappa shape index (κ1) is 25.9. The molecule has 0 bridgehead atoms. The van der Waals surface area contributed by atoms with Crippen LogP contribution in [0.25, 0.3) is 0 Å². The maximum atomic E-state index is 13.5. The number of nitrogens with zero attached hydrogens (tertiary/aromatic N) is 1. The number of rotatable bonds is 10. The molecule has 4 aromatic carbocycles. The summed E-state index contributed by atoms with van der Waals surface area (Å²) in [4.78, 5) is 15.7. The van der Waals surface area contributed by atoms with Crippen molar-refractivity contribution >= 4 is 5.97 Å². The second-order valence-corrected chi connectivity index (χ2v) is 8.18. The molecule has 180 valence electrons. The monoisotopic (exact) mass is 465 g/mol. The quantitative estimate of drug-likeness (QED) is 0.235. The van der Waals surface area contributed by atoms with Crippen LogP contribution < -0.4 is 0 Å². The zero-order valence-corrected chi connectivity index (χ0v) is 20.7. The summed E-state index contributed by atoms with van der Waals surface area (Å²) in [6.45, 7) is 5.59. The van der Waals surface area contributed by atoms with Gasteiger partial charge in [-0.3, -0.25) is 9.69 Å². The fourth-order valence-electron chi connectivity index (χ4n) is 3.94. The summed E-state index contributed by atoms with van der Waals surface area (Å²) in [6, 6.07) is 40.2. The minimum absolute atomic E-state index is 0.199. The van der Waals surface area contributed by atoms with Gasteiger partial charge in [-0.2, -0.15) is 0 Å². The van der Waals surface area contributed by atoms with Crippen LogP contribution in [0.3, 0.4) is 0 Å². The van der Waals surface area contributed by atoms with Gasteiger partial charge in [0.15, 0.2) is 0 Å². The van der Waals surface area contributed by atoms with Crippen molar-refractivity contribution in [2.75, 3.05) is 0 Å². The van der Waals surface area contributed by atoms with Gasteiger partial charge in [0.25, 0.3) is 0 Å². The second-order valence-electron chi connectivity index (χ2n) is 8.18. The van der Waals surface area contributed by atoms with Gasteiger partial charge in [-0.1, -0.05) is 135 Å². The van der Waals surface area contributed by atoms with Gasteiger partial charge in [0.2, 0.25) is 0 Å². The van der Waals surface area contributed by atoms with Gasteiger partial charge in [0.1, 0.15) is 12.6 Å². The van der Waals surface area contributed by atoms with Crippen molar-refractivity contribution in [1.29, 1.82) is 0 Å².